The Balaban J connectivity index is 3.31. The second kappa shape index (κ2) is 4.50. The van der Waals surface area contributed by atoms with Crippen molar-refractivity contribution < 1.29 is 14.5 Å². The standard InChI is InChI=1S/C9H10N2O4/c1-6-5-8(11(13)14)7(3-4-12)10-9(6)15-2/h4-5H,3H2,1-2H3. The van der Waals surface area contributed by atoms with E-state index in [4.69, 9.17) is 4.74 Å². The number of aldehydes is 1. The van der Waals surface area contributed by atoms with Gasteiger partial charge in [0.1, 0.15) is 12.0 Å². The van der Waals surface area contributed by atoms with Crippen LogP contribution in [0, 0.1) is 17.0 Å². The Labute approximate surface area is 86.0 Å². The molecule has 1 rings (SSSR count). The first-order valence-electron chi connectivity index (χ1n) is 4.22. The number of carbonyl (C=O) groups excluding carboxylic acids is 1. The van der Waals surface area contributed by atoms with Gasteiger partial charge in [0.25, 0.3) is 5.69 Å². The Morgan fingerprint density at radius 2 is 2.33 bits per heavy atom. The highest BCUT2D eigenvalue weighted by molar-refractivity contribution is 5.58. The highest BCUT2D eigenvalue weighted by Gasteiger charge is 2.18. The van der Waals surface area contributed by atoms with E-state index in [0.29, 0.717) is 17.7 Å². The first-order chi connectivity index (χ1) is 7.10. The predicted molar refractivity (Wildman–Crippen MR) is 51.9 cm³/mol. The summed E-state index contributed by atoms with van der Waals surface area (Å²) in [5.74, 6) is 0.303. The van der Waals surface area contributed by atoms with Gasteiger partial charge in [-0.2, -0.15) is 0 Å². The number of nitro groups is 1. The maximum Gasteiger partial charge on any atom is 0.291 e. The van der Waals surface area contributed by atoms with Crippen molar-refractivity contribution in [1.29, 1.82) is 0 Å². The van der Waals surface area contributed by atoms with E-state index < -0.39 is 4.92 Å². The van der Waals surface area contributed by atoms with Gasteiger partial charge >= 0.3 is 0 Å². The van der Waals surface area contributed by atoms with E-state index in [1.54, 1.807) is 6.92 Å². The van der Waals surface area contributed by atoms with Crippen molar-refractivity contribution in [2.24, 2.45) is 0 Å². The fourth-order valence-corrected chi connectivity index (χ4v) is 1.21. The number of rotatable bonds is 4. The van der Waals surface area contributed by atoms with Crippen LogP contribution in [0.1, 0.15) is 11.3 Å². The molecular formula is C9H10N2O4. The van der Waals surface area contributed by atoms with Gasteiger partial charge in [-0.3, -0.25) is 10.1 Å². The van der Waals surface area contributed by atoms with Crippen molar-refractivity contribution >= 4 is 12.0 Å². The molecule has 0 spiro atoms. The summed E-state index contributed by atoms with van der Waals surface area (Å²) in [4.78, 5) is 24.3. The molecule has 0 bridgehead atoms. The molecule has 0 radical (unpaired) electrons. The van der Waals surface area contributed by atoms with E-state index in [2.05, 4.69) is 4.98 Å². The topological polar surface area (TPSA) is 82.3 Å². The lowest BCUT2D eigenvalue weighted by atomic mass is 10.2. The van der Waals surface area contributed by atoms with Crippen LogP contribution in [0.2, 0.25) is 0 Å². The second-order valence-electron chi connectivity index (χ2n) is 2.91. The van der Waals surface area contributed by atoms with Crippen LogP contribution in [-0.4, -0.2) is 23.3 Å². The van der Waals surface area contributed by atoms with Crippen LogP contribution in [0.5, 0.6) is 5.88 Å². The number of carbonyl (C=O) groups is 1. The zero-order valence-corrected chi connectivity index (χ0v) is 8.39. The summed E-state index contributed by atoms with van der Waals surface area (Å²) in [6, 6.07) is 1.35. The Hall–Kier alpha value is -1.98. The fourth-order valence-electron chi connectivity index (χ4n) is 1.21. The van der Waals surface area contributed by atoms with Gasteiger partial charge < -0.3 is 9.53 Å². The lowest BCUT2D eigenvalue weighted by Gasteiger charge is -2.05. The molecule has 0 saturated heterocycles. The van der Waals surface area contributed by atoms with Crippen molar-refractivity contribution in [3.63, 3.8) is 0 Å². The zero-order chi connectivity index (χ0) is 11.4. The molecule has 0 N–H and O–H groups in total. The number of pyridine rings is 1. The fraction of sp³-hybridized carbons (Fsp3) is 0.333. The zero-order valence-electron chi connectivity index (χ0n) is 8.39. The number of nitrogens with zero attached hydrogens (tertiary/aromatic N) is 2. The molecule has 0 aliphatic carbocycles. The number of hydrogen-bond acceptors (Lipinski definition) is 5. The van der Waals surface area contributed by atoms with Crippen LogP contribution in [0.25, 0.3) is 0 Å². The minimum atomic E-state index is -0.557. The van der Waals surface area contributed by atoms with Crippen LogP contribution < -0.4 is 4.74 Å². The molecule has 1 heterocycles. The van der Waals surface area contributed by atoms with Crippen LogP contribution in [0.4, 0.5) is 5.69 Å². The summed E-state index contributed by atoms with van der Waals surface area (Å²) in [6.45, 7) is 1.66. The highest BCUT2D eigenvalue weighted by Crippen LogP contribution is 2.24. The third kappa shape index (κ3) is 2.28. The van der Waals surface area contributed by atoms with Crippen LogP contribution >= 0.6 is 0 Å². The summed E-state index contributed by atoms with van der Waals surface area (Å²) in [5, 5.41) is 10.7. The summed E-state index contributed by atoms with van der Waals surface area (Å²) in [5.41, 5.74) is 0.539. The quantitative estimate of drug-likeness (QED) is 0.421. The number of aryl methyl sites for hydroxylation is 1. The van der Waals surface area contributed by atoms with E-state index >= 15 is 0 Å². The van der Waals surface area contributed by atoms with Gasteiger partial charge in [-0.15, -0.1) is 0 Å². The molecule has 0 unspecified atom stereocenters. The molecule has 6 heteroatoms. The van der Waals surface area contributed by atoms with Crippen LogP contribution in [-0.2, 0) is 11.2 Å². The first kappa shape index (κ1) is 11.1. The van der Waals surface area contributed by atoms with Gasteiger partial charge in [-0.05, 0) is 6.92 Å². The molecule has 0 fully saturated rings. The normalized spacial score (nSPS) is 9.73. The molecule has 0 aliphatic rings. The molecule has 0 saturated carbocycles. The summed E-state index contributed by atoms with van der Waals surface area (Å²) in [7, 11) is 1.42. The van der Waals surface area contributed by atoms with Crippen LogP contribution in [0.15, 0.2) is 6.07 Å². The summed E-state index contributed by atoms with van der Waals surface area (Å²) in [6.07, 6.45) is 0.483. The molecule has 1 aromatic rings. The average molecular weight is 210 g/mol. The predicted octanol–water partition coefficient (Wildman–Crippen LogP) is 1.05. The number of methoxy groups -OCH3 is 1. The molecule has 0 aromatic carbocycles. The highest BCUT2D eigenvalue weighted by atomic mass is 16.6. The Kier molecular flexibility index (Phi) is 3.33. The number of aromatic nitrogens is 1. The summed E-state index contributed by atoms with van der Waals surface area (Å²) < 4.78 is 4.92. The SMILES string of the molecule is COc1nc(CC=O)c([N+](=O)[O-])cc1C. The molecular weight excluding hydrogens is 200 g/mol. The second-order valence-corrected chi connectivity index (χ2v) is 2.91. The largest absolute Gasteiger partial charge is 0.481 e. The number of ether oxygens (including phenoxy) is 1. The van der Waals surface area contributed by atoms with E-state index in [0.717, 1.165) is 0 Å². The molecule has 0 amide bonds. The van der Waals surface area contributed by atoms with Gasteiger partial charge in [0.2, 0.25) is 5.88 Å². The van der Waals surface area contributed by atoms with Gasteiger partial charge in [-0.1, -0.05) is 0 Å². The lowest BCUT2D eigenvalue weighted by Crippen LogP contribution is -2.03. The Bertz CT molecular complexity index is 403. The lowest BCUT2D eigenvalue weighted by molar-refractivity contribution is -0.385. The van der Waals surface area contributed by atoms with Gasteiger partial charge in [0, 0.05) is 11.6 Å². The first-order valence-corrected chi connectivity index (χ1v) is 4.22. The monoisotopic (exact) mass is 210 g/mol. The average Bonchev–Trinajstić information content (AvgIpc) is 2.20. The van der Waals surface area contributed by atoms with E-state index in [1.807, 2.05) is 0 Å². The third-order valence-electron chi connectivity index (χ3n) is 1.89. The summed E-state index contributed by atoms with van der Waals surface area (Å²) >= 11 is 0. The van der Waals surface area contributed by atoms with Gasteiger partial charge in [0.15, 0.2) is 0 Å². The van der Waals surface area contributed by atoms with Crippen molar-refractivity contribution in [1.82, 2.24) is 4.98 Å². The Morgan fingerprint density at radius 1 is 1.67 bits per heavy atom. The minimum absolute atomic E-state index is 0.0903. The van der Waals surface area contributed by atoms with E-state index in [9.17, 15) is 14.9 Å². The minimum Gasteiger partial charge on any atom is -0.481 e. The van der Waals surface area contributed by atoms with Crippen molar-refractivity contribution in [2.45, 2.75) is 13.3 Å². The van der Waals surface area contributed by atoms with Crippen molar-refractivity contribution in [2.75, 3.05) is 7.11 Å². The van der Waals surface area contributed by atoms with Crippen molar-refractivity contribution in [3.8, 4) is 5.88 Å². The van der Waals surface area contributed by atoms with E-state index in [1.165, 1.54) is 13.2 Å². The van der Waals surface area contributed by atoms with Gasteiger partial charge in [0.05, 0.1) is 18.5 Å². The maximum absolute atomic E-state index is 10.7. The molecule has 80 valence electrons. The maximum atomic E-state index is 10.7. The molecule has 6 nitrogen and oxygen atoms in total. The molecule has 1 aromatic heterocycles. The third-order valence-corrected chi connectivity index (χ3v) is 1.89. The van der Waals surface area contributed by atoms with E-state index in [-0.39, 0.29) is 17.8 Å². The van der Waals surface area contributed by atoms with Crippen molar-refractivity contribution in [3.05, 3.63) is 27.4 Å². The smallest absolute Gasteiger partial charge is 0.291 e. The van der Waals surface area contributed by atoms with Gasteiger partial charge in [-0.25, -0.2) is 4.98 Å². The molecule has 0 atom stereocenters. The number of hydrogen-bond donors (Lipinski definition) is 0. The van der Waals surface area contributed by atoms with Crippen LogP contribution in [0.3, 0.4) is 0 Å². The molecule has 0 aliphatic heterocycles. The molecule has 15 heavy (non-hydrogen) atoms. The Morgan fingerprint density at radius 3 is 2.80 bits per heavy atom.